The zero-order valence-electron chi connectivity index (χ0n) is 37.2. The van der Waals surface area contributed by atoms with Crippen molar-refractivity contribution in [3.8, 4) is 67.8 Å². The SMILES string of the molecule is CC(C)(c1ccc(-c2nc(-c3cccc4ccccc34)cc(-c3cccc4ccccc34)n2)cc1)c1ccc(-c2nc(-c3cccc4ccccc34)cc(-c3cccc4ccccc34)n2)cc1. The normalized spacial score (nSPS) is 11.7. The van der Waals surface area contributed by atoms with Gasteiger partial charge in [-0.25, -0.2) is 19.9 Å². The van der Waals surface area contributed by atoms with Gasteiger partial charge in [-0.3, -0.25) is 0 Å². The van der Waals surface area contributed by atoms with Crippen molar-refractivity contribution in [3.63, 3.8) is 0 Å². The molecule has 4 heteroatoms. The molecule has 0 amide bonds. The van der Waals surface area contributed by atoms with Crippen LogP contribution in [0.2, 0.25) is 0 Å². The Morgan fingerprint density at radius 1 is 0.269 bits per heavy atom. The zero-order chi connectivity index (χ0) is 44.9. The number of hydrogen-bond acceptors (Lipinski definition) is 4. The van der Waals surface area contributed by atoms with Crippen LogP contribution in [0.3, 0.4) is 0 Å². The summed E-state index contributed by atoms with van der Waals surface area (Å²) in [6.07, 6.45) is 0. The van der Waals surface area contributed by atoms with Crippen LogP contribution in [0, 0.1) is 0 Å². The first-order chi connectivity index (χ1) is 32.9. The highest BCUT2D eigenvalue weighted by molar-refractivity contribution is 6.01. The van der Waals surface area contributed by atoms with Gasteiger partial charge >= 0.3 is 0 Å². The Labute approximate surface area is 390 Å². The Kier molecular flexibility index (Phi) is 9.80. The molecule has 67 heavy (non-hydrogen) atoms. The molecule has 0 aliphatic carbocycles. The predicted octanol–water partition coefficient (Wildman–Crippen LogP) is 16.2. The molecule has 0 N–H and O–H groups in total. The summed E-state index contributed by atoms with van der Waals surface area (Å²) in [7, 11) is 0. The minimum atomic E-state index is -0.309. The molecule has 10 aromatic carbocycles. The summed E-state index contributed by atoms with van der Waals surface area (Å²) in [5, 5.41) is 9.37. The molecule has 12 rings (SSSR count). The van der Waals surface area contributed by atoms with Crippen LogP contribution < -0.4 is 0 Å². The van der Waals surface area contributed by atoms with Crippen molar-refractivity contribution in [1.82, 2.24) is 19.9 Å². The first-order valence-electron chi connectivity index (χ1n) is 22.9. The van der Waals surface area contributed by atoms with Crippen molar-refractivity contribution >= 4 is 43.1 Å². The van der Waals surface area contributed by atoms with E-state index in [9.17, 15) is 0 Å². The van der Waals surface area contributed by atoms with Crippen molar-refractivity contribution in [2.75, 3.05) is 0 Å². The topological polar surface area (TPSA) is 51.6 Å². The molecular weight excluding hydrogens is 813 g/mol. The van der Waals surface area contributed by atoms with E-state index in [1.807, 2.05) is 0 Å². The summed E-state index contributed by atoms with van der Waals surface area (Å²) in [4.78, 5) is 21.1. The third kappa shape index (κ3) is 7.30. The van der Waals surface area contributed by atoms with Crippen molar-refractivity contribution < 1.29 is 0 Å². The van der Waals surface area contributed by atoms with Gasteiger partial charge in [0, 0.05) is 38.8 Å². The first-order valence-corrected chi connectivity index (χ1v) is 22.9. The number of benzene rings is 10. The number of nitrogens with zero attached hydrogens (tertiary/aromatic N) is 4. The van der Waals surface area contributed by atoms with Crippen molar-refractivity contribution in [2.45, 2.75) is 19.3 Å². The van der Waals surface area contributed by atoms with E-state index in [1.165, 1.54) is 32.7 Å². The summed E-state index contributed by atoms with van der Waals surface area (Å²) in [5.41, 5.74) is 11.9. The van der Waals surface area contributed by atoms with E-state index in [1.54, 1.807) is 0 Å². The van der Waals surface area contributed by atoms with Crippen LogP contribution in [0.4, 0.5) is 0 Å². The molecule has 2 heterocycles. The predicted molar refractivity (Wildman–Crippen MR) is 279 cm³/mol. The van der Waals surface area contributed by atoms with E-state index in [2.05, 4.69) is 244 Å². The Balaban J connectivity index is 0.911. The van der Waals surface area contributed by atoms with Crippen LogP contribution in [-0.2, 0) is 5.41 Å². The van der Waals surface area contributed by atoms with Gasteiger partial charge in [-0.15, -0.1) is 0 Å². The van der Waals surface area contributed by atoms with Gasteiger partial charge in [-0.05, 0) is 66.3 Å². The minimum Gasteiger partial charge on any atom is -0.228 e. The number of fused-ring (bicyclic) bond motifs is 4. The second-order valence-corrected chi connectivity index (χ2v) is 17.8. The van der Waals surface area contributed by atoms with Crippen LogP contribution in [0.5, 0.6) is 0 Å². The fourth-order valence-electron chi connectivity index (χ4n) is 9.74. The maximum atomic E-state index is 5.28. The second-order valence-electron chi connectivity index (χ2n) is 17.8. The van der Waals surface area contributed by atoms with E-state index >= 15 is 0 Å². The molecule has 4 nitrogen and oxygen atoms in total. The Morgan fingerprint density at radius 3 is 0.806 bits per heavy atom. The van der Waals surface area contributed by atoms with Gasteiger partial charge in [0.1, 0.15) is 0 Å². The molecule has 0 aliphatic rings. The average Bonchev–Trinajstić information content (AvgIpc) is 3.40. The van der Waals surface area contributed by atoms with Crippen molar-refractivity contribution in [2.24, 2.45) is 0 Å². The Bertz CT molecular complexity index is 3370. The monoisotopic (exact) mass is 856 g/mol. The van der Waals surface area contributed by atoms with E-state index in [-0.39, 0.29) is 5.41 Å². The molecule has 0 atom stereocenters. The Hall–Kier alpha value is -8.60. The standard InChI is InChI=1S/C63H44N4/c1-63(2,47-35-31-45(32-36-47)61-64-57(53-27-11-19-41-15-3-7-23-49(41)53)39-58(65-61)54-28-12-20-42-16-4-8-24-50(42)54)48-37-33-46(34-38-48)62-66-59(55-29-13-21-43-17-5-9-25-51(43)55)40-60(67-62)56-30-14-22-44-18-6-10-26-52(44)56/h3-40H,1-2H3. The minimum absolute atomic E-state index is 0.309. The lowest BCUT2D eigenvalue weighted by molar-refractivity contribution is 0.641. The van der Waals surface area contributed by atoms with Gasteiger partial charge in [-0.2, -0.15) is 0 Å². The fraction of sp³-hybridized carbons (Fsp3) is 0.0476. The third-order valence-electron chi connectivity index (χ3n) is 13.4. The maximum absolute atomic E-state index is 5.28. The van der Waals surface area contributed by atoms with Crippen LogP contribution in [0.15, 0.2) is 231 Å². The van der Waals surface area contributed by atoms with Crippen LogP contribution in [0.25, 0.3) is 111 Å². The van der Waals surface area contributed by atoms with Gasteiger partial charge in [-0.1, -0.05) is 232 Å². The molecule has 0 saturated carbocycles. The first kappa shape index (κ1) is 40.0. The fourth-order valence-corrected chi connectivity index (χ4v) is 9.74. The zero-order valence-corrected chi connectivity index (χ0v) is 37.2. The third-order valence-corrected chi connectivity index (χ3v) is 13.4. The number of hydrogen-bond donors (Lipinski definition) is 0. The molecule has 12 aromatic rings. The van der Waals surface area contributed by atoms with Gasteiger partial charge < -0.3 is 0 Å². The van der Waals surface area contributed by atoms with E-state index in [4.69, 9.17) is 19.9 Å². The molecule has 0 bridgehead atoms. The lowest BCUT2D eigenvalue weighted by atomic mass is 9.77. The lowest BCUT2D eigenvalue weighted by Crippen LogP contribution is -2.18. The molecule has 316 valence electrons. The molecular formula is C63H44N4. The van der Waals surface area contributed by atoms with Crippen molar-refractivity contribution in [1.29, 1.82) is 0 Å². The molecule has 2 aromatic heterocycles. The molecule has 0 fully saturated rings. The van der Waals surface area contributed by atoms with Gasteiger partial charge in [0.2, 0.25) is 0 Å². The summed E-state index contributed by atoms with van der Waals surface area (Å²) in [5.74, 6) is 1.38. The number of aromatic nitrogens is 4. The highest BCUT2D eigenvalue weighted by Crippen LogP contribution is 2.39. The van der Waals surface area contributed by atoms with E-state index < -0.39 is 0 Å². The van der Waals surface area contributed by atoms with Crippen LogP contribution in [0.1, 0.15) is 25.0 Å². The van der Waals surface area contributed by atoms with Gasteiger partial charge in [0.25, 0.3) is 0 Å². The van der Waals surface area contributed by atoms with Crippen molar-refractivity contribution in [3.05, 3.63) is 242 Å². The maximum Gasteiger partial charge on any atom is 0.160 e. The van der Waals surface area contributed by atoms with Gasteiger partial charge in [0.15, 0.2) is 11.6 Å². The molecule has 0 saturated heterocycles. The van der Waals surface area contributed by atoms with Gasteiger partial charge in [0.05, 0.1) is 22.8 Å². The summed E-state index contributed by atoms with van der Waals surface area (Å²) >= 11 is 0. The molecule has 0 radical (unpaired) electrons. The highest BCUT2D eigenvalue weighted by atomic mass is 14.9. The summed E-state index contributed by atoms with van der Waals surface area (Å²) in [6, 6.07) is 81.6. The quantitative estimate of drug-likeness (QED) is 0.153. The summed E-state index contributed by atoms with van der Waals surface area (Å²) < 4.78 is 0. The second kappa shape index (κ2) is 16.4. The lowest BCUT2D eigenvalue weighted by Gasteiger charge is -2.26. The molecule has 0 aliphatic heterocycles. The summed E-state index contributed by atoms with van der Waals surface area (Å²) in [6.45, 7) is 4.56. The highest BCUT2D eigenvalue weighted by Gasteiger charge is 2.24. The van der Waals surface area contributed by atoms with E-state index in [0.717, 1.165) is 77.7 Å². The number of rotatable bonds is 8. The smallest absolute Gasteiger partial charge is 0.160 e. The molecule has 0 unspecified atom stereocenters. The Morgan fingerprint density at radius 2 is 0.522 bits per heavy atom. The molecule has 0 spiro atoms. The van der Waals surface area contributed by atoms with Crippen LogP contribution >= 0.6 is 0 Å². The largest absolute Gasteiger partial charge is 0.228 e. The average molecular weight is 857 g/mol. The van der Waals surface area contributed by atoms with Crippen LogP contribution in [-0.4, -0.2) is 19.9 Å². The van der Waals surface area contributed by atoms with E-state index in [0.29, 0.717) is 11.6 Å².